The molecule has 0 aliphatic rings. The molecule has 8 heteroatoms. The molecule has 3 rings (SSSR count). The number of benzene rings is 1. The highest BCUT2D eigenvalue weighted by Crippen LogP contribution is 2.26. The van der Waals surface area contributed by atoms with Gasteiger partial charge >= 0.3 is 0 Å². The number of rotatable bonds is 5. The molecule has 0 aliphatic carbocycles. The smallest absolute Gasteiger partial charge is 0.280 e. The van der Waals surface area contributed by atoms with E-state index in [1.54, 1.807) is 4.68 Å². The Hall–Kier alpha value is -2.35. The monoisotopic (exact) mass is 407 g/mol. The summed E-state index contributed by atoms with van der Waals surface area (Å²) in [7, 11) is 1.82. The van der Waals surface area contributed by atoms with Crippen LogP contribution in [0.3, 0.4) is 0 Å². The molecular formula is C17H16BrF2N5. The van der Waals surface area contributed by atoms with E-state index in [4.69, 9.17) is 0 Å². The minimum absolute atomic E-state index is 0.147. The van der Waals surface area contributed by atoms with Crippen molar-refractivity contribution in [2.24, 2.45) is 7.05 Å². The first kappa shape index (κ1) is 17.5. The third-order valence-corrected chi connectivity index (χ3v) is 4.16. The normalized spacial score (nSPS) is 12.4. The van der Waals surface area contributed by atoms with E-state index in [0.717, 1.165) is 15.7 Å². The summed E-state index contributed by atoms with van der Waals surface area (Å²) in [4.78, 5) is 8.31. The van der Waals surface area contributed by atoms with Gasteiger partial charge in [-0.2, -0.15) is 5.10 Å². The van der Waals surface area contributed by atoms with Gasteiger partial charge in [0.05, 0.1) is 17.4 Å². The van der Waals surface area contributed by atoms with Gasteiger partial charge in [0.2, 0.25) is 5.95 Å². The molecule has 2 aromatic heterocycles. The summed E-state index contributed by atoms with van der Waals surface area (Å²) >= 11 is 3.36. The zero-order valence-electron chi connectivity index (χ0n) is 13.6. The Morgan fingerprint density at radius 2 is 1.80 bits per heavy atom. The van der Waals surface area contributed by atoms with Crippen LogP contribution in [0.2, 0.25) is 0 Å². The van der Waals surface area contributed by atoms with Crippen molar-refractivity contribution in [1.29, 1.82) is 0 Å². The summed E-state index contributed by atoms with van der Waals surface area (Å²) in [5.41, 5.74) is 1.64. The van der Waals surface area contributed by atoms with Gasteiger partial charge < -0.3 is 5.32 Å². The predicted octanol–water partition coefficient (Wildman–Crippen LogP) is 4.75. The molecule has 3 aromatic rings. The van der Waals surface area contributed by atoms with Gasteiger partial charge in [-0.15, -0.1) is 0 Å². The fourth-order valence-corrected chi connectivity index (χ4v) is 2.61. The highest BCUT2D eigenvalue weighted by atomic mass is 79.9. The first-order valence-electron chi connectivity index (χ1n) is 7.61. The number of nitrogens with one attached hydrogen (secondary N) is 1. The molecule has 0 bridgehead atoms. The van der Waals surface area contributed by atoms with Gasteiger partial charge in [0, 0.05) is 23.3 Å². The van der Waals surface area contributed by atoms with Crippen LogP contribution in [-0.2, 0) is 7.05 Å². The van der Waals surface area contributed by atoms with Gasteiger partial charge in [-0.1, -0.05) is 28.1 Å². The first-order valence-corrected chi connectivity index (χ1v) is 8.41. The van der Waals surface area contributed by atoms with E-state index in [9.17, 15) is 8.78 Å². The Morgan fingerprint density at radius 3 is 2.40 bits per heavy atom. The maximum absolute atomic E-state index is 13.2. The highest BCUT2D eigenvalue weighted by molar-refractivity contribution is 9.10. The SMILES string of the molecule is CC(Nc1nc(-c2ccc(Br)cc2)cc(C(F)F)n1)c1ccn(C)n1. The molecule has 0 saturated carbocycles. The molecule has 0 radical (unpaired) electrons. The number of halogens is 3. The number of nitrogens with zero attached hydrogens (tertiary/aromatic N) is 4. The lowest BCUT2D eigenvalue weighted by Gasteiger charge is -2.14. The zero-order valence-corrected chi connectivity index (χ0v) is 15.2. The number of anilines is 1. The molecule has 25 heavy (non-hydrogen) atoms. The van der Waals surface area contributed by atoms with Crippen molar-refractivity contribution in [2.75, 3.05) is 5.32 Å². The molecule has 2 heterocycles. The van der Waals surface area contributed by atoms with E-state index in [0.29, 0.717) is 5.69 Å². The van der Waals surface area contributed by atoms with Crippen LogP contribution in [0.4, 0.5) is 14.7 Å². The van der Waals surface area contributed by atoms with E-state index in [1.165, 1.54) is 6.07 Å². The summed E-state index contributed by atoms with van der Waals surface area (Å²) < 4.78 is 29.0. The van der Waals surface area contributed by atoms with Crippen molar-refractivity contribution in [3.05, 3.63) is 58.5 Å². The molecule has 5 nitrogen and oxygen atoms in total. The molecule has 1 aromatic carbocycles. The minimum atomic E-state index is -2.68. The second-order valence-corrected chi connectivity index (χ2v) is 6.51. The fourth-order valence-electron chi connectivity index (χ4n) is 2.34. The Bertz CT molecular complexity index is 864. The number of hydrogen-bond acceptors (Lipinski definition) is 4. The van der Waals surface area contributed by atoms with E-state index in [-0.39, 0.29) is 17.7 Å². The van der Waals surface area contributed by atoms with Gasteiger partial charge in [0.25, 0.3) is 6.43 Å². The molecule has 0 amide bonds. The first-order chi connectivity index (χ1) is 11.9. The van der Waals surface area contributed by atoms with Crippen LogP contribution in [0.1, 0.15) is 30.8 Å². The average molecular weight is 408 g/mol. The highest BCUT2D eigenvalue weighted by Gasteiger charge is 2.16. The molecule has 1 unspecified atom stereocenters. The van der Waals surface area contributed by atoms with Crippen molar-refractivity contribution in [1.82, 2.24) is 19.7 Å². The number of aryl methyl sites for hydroxylation is 1. The summed E-state index contributed by atoms with van der Waals surface area (Å²) in [5.74, 6) is 0.147. The number of alkyl halides is 2. The van der Waals surface area contributed by atoms with Crippen molar-refractivity contribution in [3.8, 4) is 11.3 Å². The van der Waals surface area contributed by atoms with Gasteiger partial charge in [0.15, 0.2) is 0 Å². The van der Waals surface area contributed by atoms with Gasteiger partial charge in [-0.05, 0) is 31.2 Å². The zero-order chi connectivity index (χ0) is 18.0. The van der Waals surface area contributed by atoms with Gasteiger partial charge in [0.1, 0.15) is 5.69 Å². The minimum Gasteiger partial charge on any atom is -0.346 e. The maximum Gasteiger partial charge on any atom is 0.280 e. The number of hydrogen-bond donors (Lipinski definition) is 1. The largest absolute Gasteiger partial charge is 0.346 e. The van der Waals surface area contributed by atoms with Crippen LogP contribution < -0.4 is 5.32 Å². The quantitative estimate of drug-likeness (QED) is 0.662. The van der Waals surface area contributed by atoms with Crippen LogP contribution in [0.5, 0.6) is 0 Å². The molecule has 1 atom stereocenters. The third kappa shape index (κ3) is 4.19. The lowest BCUT2D eigenvalue weighted by molar-refractivity contribution is 0.146. The maximum atomic E-state index is 13.2. The molecule has 0 aliphatic heterocycles. The van der Waals surface area contributed by atoms with Crippen LogP contribution in [0.25, 0.3) is 11.3 Å². The predicted molar refractivity (Wildman–Crippen MR) is 95.4 cm³/mol. The molecule has 0 spiro atoms. The average Bonchev–Trinajstić information content (AvgIpc) is 3.02. The Kier molecular flexibility index (Phi) is 5.08. The van der Waals surface area contributed by atoms with Crippen LogP contribution >= 0.6 is 15.9 Å². The summed E-state index contributed by atoms with van der Waals surface area (Å²) in [6.07, 6.45) is -0.861. The van der Waals surface area contributed by atoms with Gasteiger partial charge in [-0.25, -0.2) is 18.7 Å². The second-order valence-electron chi connectivity index (χ2n) is 5.59. The second kappa shape index (κ2) is 7.26. The number of aromatic nitrogens is 4. The molecular weight excluding hydrogens is 392 g/mol. The molecule has 0 fully saturated rings. The van der Waals surface area contributed by atoms with Crippen LogP contribution in [0.15, 0.2) is 47.1 Å². The van der Waals surface area contributed by atoms with E-state index in [1.807, 2.05) is 50.5 Å². The Labute approximate surface area is 152 Å². The molecule has 130 valence electrons. The topological polar surface area (TPSA) is 55.6 Å². The summed E-state index contributed by atoms with van der Waals surface area (Å²) in [6.45, 7) is 1.88. The van der Waals surface area contributed by atoms with Gasteiger partial charge in [-0.3, -0.25) is 4.68 Å². The van der Waals surface area contributed by atoms with E-state index < -0.39 is 6.43 Å². The van der Waals surface area contributed by atoms with Crippen molar-refractivity contribution in [2.45, 2.75) is 19.4 Å². The Balaban J connectivity index is 1.94. The van der Waals surface area contributed by atoms with Crippen LogP contribution in [-0.4, -0.2) is 19.7 Å². The van der Waals surface area contributed by atoms with Crippen molar-refractivity contribution < 1.29 is 8.78 Å². The fraction of sp³-hybridized carbons (Fsp3) is 0.235. The van der Waals surface area contributed by atoms with E-state index >= 15 is 0 Å². The Morgan fingerprint density at radius 1 is 1.08 bits per heavy atom. The molecule has 1 N–H and O–H groups in total. The lowest BCUT2D eigenvalue weighted by Crippen LogP contribution is -2.12. The summed E-state index contributed by atoms with van der Waals surface area (Å²) in [6, 6.07) is 10.2. The van der Waals surface area contributed by atoms with E-state index in [2.05, 4.69) is 36.3 Å². The third-order valence-electron chi connectivity index (χ3n) is 3.63. The van der Waals surface area contributed by atoms with Crippen LogP contribution in [0, 0.1) is 0 Å². The standard InChI is InChI=1S/C17H16BrF2N5/c1-10(13-7-8-25(2)24-13)21-17-22-14(9-15(23-17)16(19)20)11-3-5-12(18)6-4-11/h3-10,16H,1-2H3,(H,21,22,23). The van der Waals surface area contributed by atoms with Crippen molar-refractivity contribution >= 4 is 21.9 Å². The molecule has 0 saturated heterocycles. The lowest BCUT2D eigenvalue weighted by atomic mass is 10.1. The summed E-state index contributed by atoms with van der Waals surface area (Å²) in [5, 5.41) is 7.35. The van der Waals surface area contributed by atoms with Crippen molar-refractivity contribution in [3.63, 3.8) is 0 Å².